The SMILES string of the molecule is CNC(=O)c1cc(S(=O)(=O)N[C@@H](C)c2ccc(F)cc2)ccc1OC. The van der Waals surface area contributed by atoms with E-state index in [-0.39, 0.29) is 16.2 Å². The summed E-state index contributed by atoms with van der Waals surface area (Å²) in [5.74, 6) is -0.588. The van der Waals surface area contributed by atoms with Gasteiger partial charge in [0.15, 0.2) is 0 Å². The summed E-state index contributed by atoms with van der Waals surface area (Å²) >= 11 is 0. The van der Waals surface area contributed by atoms with Crippen molar-refractivity contribution in [1.29, 1.82) is 0 Å². The summed E-state index contributed by atoms with van der Waals surface area (Å²) in [6, 6.07) is 8.98. The van der Waals surface area contributed by atoms with Crippen LogP contribution >= 0.6 is 0 Å². The molecule has 1 amide bonds. The van der Waals surface area contributed by atoms with E-state index in [1.54, 1.807) is 6.92 Å². The van der Waals surface area contributed by atoms with Crippen molar-refractivity contribution in [3.05, 3.63) is 59.4 Å². The van der Waals surface area contributed by atoms with Crippen molar-refractivity contribution < 1.29 is 22.3 Å². The molecular weight excluding hydrogens is 347 g/mol. The van der Waals surface area contributed by atoms with Crippen LogP contribution in [-0.2, 0) is 10.0 Å². The first-order valence-corrected chi connectivity index (χ1v) is 8.94. The fourth-order valence-corrected chi connectivity index (χ4v) is 3.54. The number of nitrogens with one attached hydrogen (secondary N) is 2. The van der Waals surface area contributed by atoms with Gasteiger partial charge in [-0.3, -0.25) is 4.79 Å². The highest BCUT2D eigenvalue weighted by Gasteiger charge is 2.21. The van der Waals surface area contributed by atoms with Crippen molar-refractivity contribution in [2.75, 3.05) is 14.2 Å². The van der Waals surface area contributed by atoms with Gasteiger partial charge >= 0.3 is 0 Å². The summed E-state index contributed by atoms with van der Waals surface area (Å²) in [7, 11) is -1.05. The zero-order valence-corrected chi connectivity index (χ0v) is 14.9. The molecule has 2 aromatic carbocycles. The minimum Gasteiger partial charge on any atom is -0.496 e. The third-order valence-corrected chi connectivity index (χ3v) is 5.19. The topological polar surface area (TPSA) is 84.5 Å². The number of carbonyl (C=O) groups is 1. The summed E-state index contributed by atoms with van der Waals surface area (Å²) < 4.78 is 45.8. The van der Waals surface area contributed by atoms with Crippen molar-refractivity contribution in [1.82, 2.24) is 10.0 Å². The average Bonchev–Trinajstić information content (AvgIpc) is 2.60. The van der Waals surface area contributed by atoms with Gasteiger partial charge in [0.1, 0.15) is 11.6 Å². The largest absolute Gasteiger partial charge is 0.496 e. The third-order valence-electron chi connectivity index (χ3n) is 3.65. The molecule has 2 N–H and O–H groups in total. The maximum atomic E-state index is 13.0. The van der Waals surface area contributed by atoms with Crippen LogP contribution < -0.4 is 14.8 Å². The number of carbonyl (C=O) groups excluding carboxylic acids is 1. The van der Waals surface area contributed by atoms with E-state index in [9.17, 15) is 17.6 Å². The number of methoxy groups -OCH3 is 1. The summed E-state index contributed by atoms with van der Waals surface area (Å²) in [6.45, 7) is 1.65. The molecule has 0 bridgehead atoms. The number of rotatable bonds is 6. The molecule has 0 saturated carbocycles. The lowest BCUT2D eigenvalue weighted by molar-refractivity contribution is 0.0960. The van der Waals surface area contributed by atoms with Crippen LogP contribution in [-0.4, -0.2) is 28.5 Å². The summed E-state index contributed by atoms with van der Waals surface area (Å²) in [6.07, 6.45) is 0. The summed E-state index contributed by atoms with van der Waals surface area (Å²) in [5, 5.41) is 2.44. The van der Waals surface area contributed by atoms with E-state index in [0.29, 0.717) is 5.56 Å². The number of halogens is 1. The van der Waals surface area contributed by atoms with Crippen LogP contribution in [0.5, 0.6) is 5.75 Å². The Balaban J connectivity index is 2.32. The molecule has 0 aromatic heterocycles. The zero-order valence-electron chi connectivity index (χ0n) is 14.0. The molecule has 8 heteroatoms. The highest BCUT2D eigenvalue weighted by Crippen LogP contribution is 2.24. The fourth-order valence-electron chi connectivity index (χ4n) is 2.29. The van der Waals surface area contributed by atoms with Crippen LogP contribution in [0, 0.1) is 5.82 Å². The van der Waals surface area contributed by atoms with E-state index in [4.69, 9.17) is 4.74 Å². The minimum atomic E-state index is -3.89. The van der Waals surface area contributed by atoms with Gasteiger partial charge in [-0.05, 0) is 42.8 Å². The predicted octanol–water partition coefficient (Wildman–Crippen LogP) is 2.23. The van der Waals surface area contributed by atoms with Crippen LogP contribution in [0.25, 0.3) is 0 Å². The van der Waals surface area contributed by atoms with Crippen molar-refractivity contribution in [3.8, 4) is 5.75 Å². The first-order chi connectivity index (χ1) is 11.8. The van der Waals surface area contributed by atoms with Gasteiger partial charge in [-0.2, -0.15) is 0 Å². The molecule has 6 nitrogen and oxygen atoms in total. The summed E-state index contributed by atoms with van der Waals surface area (Å²) in [5.41, 5.74) is 0.729. The van der Waals surface area contributed by atoms with Crippen molar-refractivity contribution in [2.24, 2.45) is 0 Å². The molecular formula is C17H19FN2O4S. The predicted molar refractivity (Wildman–Crippen MR) is 91.5 cm³/mol. The van der Waals surface area contributed by atoms with Crippen molar-refractivity contribution in [3.63, 3.8) is 0 Å². The smallest absolute Gasteiger partial charge is 0.254 e. The van der Waals surface area contributed by atoms with Crippen LogP contribution in [0.1, 0.15) is 28.9 Å². The first-order valence-electron chi connectivity index (χ1n) is 7.46. The Morgan fingerprint density at radius 3 is 2.36 bits per heavy atom. The average molecular weight is 366 g/mol. The van der Waals surface area contributed by atoms with Gasteiger partial charge in [0.25, 0.3) is 5.91 Å². The Morgan fingerprint density at radius 1 is 1.16 bits per heavy atom. The Morgan fingerprint density at radius 2 is 1.80 bits per heavy atom. The number of ether oxygens (including phenoxy) is 1. The van der Waals surface area contributed by atoms with Gasteiger partial charge in [-0.15, -0.1) is 0 Å². The molecule has 0 saturated heterocycles. The number of benzene rings is 2. The van der Waals surface area contributed by atoms with Gasteiger partial charge in [0.05, 0.1) is 17.6 Å². The molecule has 2 rings (SSSR count). The number of hydrogen-bond acceptors (Lipinski definition) is 4. The normalized spacial score (nSPS) is 12.5. The van der Waals surface area contributed by atoms with E-state index in [0.717, 1.165) is 0 Å². The summed E-state index contributed by atoms with van der Waals surface area (Å²) in [4.78, 5) is 11.8. The molecule has 0 aliphatic rings. The number of amides is 1. The highest BCUT2D eigenvalue weighted by molar-refractivity contribution is 7.89. The standard InChI is InChI=1S/C17H19FN2O4S/c1-11(12-4-6-13(18)7-5-12)20-25(22,23)14-8-9-16(24-3)15(10-14)17(21)19-2/h4-11,20H,1-3H3,(H,19,21)/t11-/m0/s1. The molecule has 0 spiro atoms. The van der Waals surface area contributed by atoms with E-state index in [2.05, 4.69) is 10.0 Å². The molecule has 0 heterocycles. The molecule has 25 heavy (non-hydrogen) atoms. The fraction of sp³-hybridized carbons (Fsp3) is 0.235. The molecule has 0 fully saturated rings. The van der Waals surface area contributed by atoms with E-state index in [1.807, 2.05) is 0 Å². The third kappa shape index (κ3) is 4.34. The van der Waals surface area contributed by atoms with E-state index < -0.39 is 27.8 Å². The van der Waals surface area contributed by atoms with Crippen LogP contribution in [0.3, 0.4) is 0 Å². The van der Waals surface area contributed by atoms with Gasteiger partial charge in [0, 0.05) is 13.1 Å². The van der Waals surface area contributed by atoms with Gasteiger partial charge in [-0.25, -0.2) is 17.5 Å². The molecule has 1 atom stereocenters. The molecule has 0 unspecified atom stereocenters. The maximum absolute atomic E-state index is 13.0. The lowest BCUT2D eigenvalue weighted by Gasteiger charge is -2.16. The monoisotopic (exact) mass is 366 g/mol. The molecule has 0 aliphatic carbocycles. The number of sulfonamides is 1. The van der Waals surface area contributed by atoms with Crippen molar-refractivity contribution in [2.45, 2.75) is 17.9 Å². The lowest BCUT2D eigenvalue weighted by Crippen LogP contribution is -2.27. The lowest BCUT2D eigenvalue weighted by atomic mass is 10.1. The second kappa shape index (κ2) is 7.62. The Kier molecular flexibility index (Phi) is 5.76. The number of hydrogen-bond donors (Lipinski definition) is 2. The second-order valence-electron chi connectivity index (χ2n) is 5.34. The zero-order chi connectivity index (χ0) is 18.6. The molecule has 2 aromatic rings. The minimum absolute atomic E-state index is 0.0686. The molecule has 0 radical (unpaired) electrons. The molecule has 134 valence electrons. The van der Waals surface area contributed by atoms with E-state index in [1.165, 1.54) is 56.6 Å². The first kappa shape index (κ1) is 18.9. The molecule has 0 aliphatic heterocycles. The van der Waals surface area contributed by atoms with E-state index >= 15 is 0 Å². The maximum Gasteiger partial charge on any atom is 0.254 e. The highest BCUT2D eigenvalue weighted by atomic mass is 32.2. The van der Waals surface area contributed by atoms with Crippen molar-refractivity contribution >= 4 is 15.9 Å². The van der Waals surface area contributed by atoms with Crippen LogP contribution in [0.4, 0.5) is 4.39 Å². The van der Waals surface area contributed by atoms with Gasteiger partial charge in [0.2, 0.25) is 10.0 Å². The quantitative estimate of drug-likeness (QED) is 0.821. The van der Waals surface area contributed by atoms with Gasteiger partial charge in [-0.1, -0.05) is 12.1 Å². The van der Waals surface area contributed by atoms with Crippen LogP contribution in [0.2, 0.25) is 0 Å². The van der Waals surface area contributed by atoms with Gasteiger partial charge < -0.3 is 10.1 Å². The Labute approximate surface area is 146 Å². The second-order valence-corrected chi connectivity index (χ2v) is 7.05. The Bertz CT molecular complexity index is 867. The van der Waals surface area contributed by atoms with Crippen LogP contribution in [0.15, 0.2) is 47.4 Å². The Hall–Kier alpha value is -2.45.